The third-order valence-corrected chi connectivity index (χ3v) is 13.6. The van der Waals surface area contributed by atoms with Crippen LogP contribution in [-0.4, -0.2) is 14.5 Å². The first kappa shape index (κ1) is 35.2. The molecule has 2 aliphatic carbocycles. The number of rotatable bonds is 6. The van der Waals surface area contributed by atoms with Crippen LogP contribution in [0.15, 0.2) is 180 Å². The molecule has 1 unspecified atom stereocenters. The Kier molecular flexibility index (Phi) is 7.65. The normalized spacial score (nSPS) is 14.0. The number of aromatic nitrogens is 3. The molecule has 0 saturated heterocycles. The Labute approximate surface area is 359 Å². The average Bonchev–Trinajstić information content (AvgIpc) is 3.97. The van der Waals surface area contributed by atoms with E-state index in [0.29, 0.717) is 24.0 Å². The highest BCUT2D eigenvalue weighted by atomic mass is 16.3. The zero-order chi connectivity index (χ0) is 41.1. The molecule has 0 spiro atoms. The van der Waals surface area contributed by atoms with Gasteiger partial charge in [0.05, 0.1) is 16.4 Å². The minimum atomic E-state index is 0.294. The van der Waals surface area contributed by atoms with Gasteiger partial charge < -0.3 is 4.42 Å². The van der Waals surface area contributed by atoms with E-state index < -0.39 is 0 Å². The summed E-state index contributed by atoms with van der Waals surface area (Å²) in [6.07, 6.45) is 1.54. The zero-order valence-corrected chi connectivity index (χ0v) is 34.6. The average molecular weight is 796 g/mol. The second-order valence-corrected chi connectivity index (χ2v) is 17.4. The summed E-state index contributed by atoms with van der Waals surface area (Å²) in [5.41, 5.74) is 20.6. The van der Waals surface area contributed by atoms with Gasteiger partial charge in [0.15, 0.2) is 5.82 Å². The first-order valence-electron chi connectivity index (χ1n) is 21.8. The largest absolute Gasteiger partial charge is 0.437 e. The van der Waals surface area contributed by atoms with Crippen molar-refractivity contribution in [3.8, 4) is 50.3 Å². The van der Waals surface area contributed by atoms with Crippen LogP contribution < -0.4 is 0 Å². The summed E-state index contributed by atoms with van der Waals surface area (Å²) in [6.45, 7) is 4.53. The van der Waals surface area contributed by atoms with E-state index in [-0.39, 0.29) is 0 Å². The SMILES string of the molecule is CC(C)c1ccccc1-c1ccccc1Cc1nc(-n2c3ccc(-c4ccccc4)cc3c3c4c5c(cc32)-c2ccccc2CC5c2ccccc2-4)c2c(n1)oc1ccccc12. The topological polar surface area (TPSA) is 43.9 Å². The Hall–Kier alpha value is -7.56. The highest BCUT2D eigenvalue weighted by molar-refractivity contribution is 6.21. The molecule has 2 aliphatic rings. The minimum absolute atomic E-state index is 0.294. The van der Waals surface area contributed by atoms with Crippen LogP contribution in [0.1, 0.15) is 59.3 Å². The highest BCUT2D eigenvalue weighted by Crippen LogP contribution is 2.58. The van der Waals surface area contributed by atoms with Crippen LogP contribution in [0.5, 0.6) is 0 Å². The second kappa shape index (κ2) is 13.5. The van der Waals surface area contributed by atoms with Gasteiger partial charge in [0.2, 0.25) is 5.71 Å². The van der Waals surface area contributed by atoms with Gasteiger partial charge >= 0.3 is 0 Å². The Morgan fingerprint density at radius 1 is 0.581 bits per heavy atom. The van der Waals surface area contributed by atoms with Gasteiger partial charge in [0.1, 0.15) is 11.4 Å². The smallest absolute Gasteiger partial charge is 0.232 e. The third kappa shape index (κ3) is 5.13. The Bertz CT molecular complexity index is 3630. The van der Waals surface area contributed by atoms with Gasteiger partial charge in [-0.25, -0.2) is 4.98 Å². The molecule has 0 bridgehead atoms. The summed E-state index contributed by atoms with van der Waals surface area (Å²) in [7, 11) is 0. The van der Waals surface area contributed by atoms with Crippen molar-refractivity contribution in [2.75, 3.05) is 0 Å². The lowest BCUT2D eigenvalue weighted by Crippen LogP contribution is -2.10. The standard InChI is InChI=1S/C58H41N3O/c1-34(2)39-20-10-11-23-42(39)40-21-8-7-19-38(40)32-52-59-57(56-45-26-14-15-27-51(45)62-58(56)60-52)61-49-29-28-36(35-16-4-3-5-17-35)30-48(49)54-50(61)33-47-41-22-9-6-18-37(41)31-46-43-24-12-13-25-44(43)55(54)53(46)47/h3-30,33-34,46H,31-32H2,1-2H3. The highest BCUT2D eigenvalue weighted by Gasteiger charge is 2.38. The minimum Gasteiger partial charge on any atom is -0.437 e. The van der Waals surface area contributed by atoms with Crippen molar-refractivity contribution in [2.45, 2.75) is 38.5 Å². The fourth-order valence-electron chi connectivity index (χ4n) is 10.9. The summed E-state index contributed by atoms with van der Waals surface area (Å²) in [5, 5.41) is 4.40. The maximum atomic E-state index is 6.71. The zero-order valence-electron chi connectivity index (χ0n) is 34.6. The van der Waals surface area contributed by atoms with Crippen LogP contribution in [0, 0.1) is 0 Å². The number of nitrogens with zero attached hydrogens (tertiary/aromatic N) is 3. The molecule has 0 saturated carbocycles. The van der Waals surface area contributed by atoms with Gasteiger partial charge in [0.25, 0.3) is 0 Å². The van der Waals surface area contributed by atoms with Gasteiger partial charge in [0, 0.05) is 28.5 Å². The third-order valence-electron chi connectivity index (χ3n) is 13.6. The van der Waals surface area contributed by atoms with Crippen molar-refractivity contribution >= 4 is 43.9 Å². The van der Waals surface area contributed by atoms with Crippen LogP contribution in [0.2, 0.25) is 0 Å². The van der Waals surface area contributed by atoms with Crippen LogP contribution in [0.25, 0.3) is 94.2 Å². The molecular weight excluding hydrogens is 755 g/mol. The van der Waals surface area contributed by atoms with Gasteiger partial charge in [-0.2, -0.15) is 4.98 Å². The lowest BCUT2D eigenvalue weighted by molar-refractivity contribution is 0.649. The van der Waals surface area contributed by atoms with Crippen LogP contribution >= 0.6 is 0 Å². The molecule has 3 heterocycles. The van der Waals surface area contributed by atoms with E-state index >= 15 is 0 Å². The number of hydrogen-bond donors (Lipinski definition) is 0. The van der Waals surface area contributed by atoms with E-state index in [9.17, 15) is 0 Å². The molecule has 11 aromatic rings. The molecule has 8 aromatic carbocycles. The summed E-state index contributed by atoms with van der Waals surface area (Å²) in [6, 6.07) is 64.2. The van der Waals surface area contributed by atoms with Crippen LogP contribution in [0.4, 0.5) is 0 Å². The van der Waals surface area contributed by atoms with Gasteiger partial charge in [-0.05, 0) is 109 Å². The molecule has 0 fully saturated rings. The molecule has 4 nitrogen and oxygen atoms in total. The van der Waals surface area contributed by atoms with Crippen molar-refractivity contribution in [1.29, 1.82) is 0 Å². The monoisotopic (exact) mass is 795 g/mol. The Morgan fingerprint density at radius 3 is 2.18 bits per heavy atom. The van der Waals surface area contributed by atoms with E-state index in [1.165, 1.54) is 83.1 Å². The number of hydrogen-bond acceptors (Lipinski definition) is 3. The van der Waals surface area contributed by atoms with E-state index in [1.807, 2.05) is 12.1 Å². The van der Waals surface area contributed by atoms with Crippen molar-refractivity contribution in [1.82, 2.24) is 14.5 Å². The summed E-state index contributed by atoms with van der Waals surface area (Å²) < 4.78 is 9.14. The summed E-state index contributed by atoms with van der Waals surface area (Å²) in [4.78, 5) is 11.0. The maximum Gasteiger partial charge on any atom is 0.232 e. The van der Waals surface area contributed by atoms with Crippen molar-refractivity contribution in [3.63, 3.8) is 0 Å². The summed E-state index contributed by atoms with van der Waals surface area (Å²) >= 11 is 0. The van der Waals surface area contributed by atoms with Gasteiger partial charge in [-0.1, -0.05) is 166 Å². The van der Waals surface area contributed by atoms with E-state index in [4.69, 9.17) is 14.4 Å². The fraction of sp³-hybridized carbons (Fsp3) is 0.103. The van der Waals surface area contributed by atoms with Crippen molar-refractivity contribution in [3.05, 3.63) is 210 Å². The van der Waals surface area contributed by atoms with Crippen LogP contribution in [-0.2, 0) is 12.8 Å². The number of furan rings is 1. The molecule has 3 aromatic heterocycles. The molecule has 13 rings (SSSR count). The molecule has 0 aliphatic heterocycles. The number of benzene rings is 8. The maximum absolute atomic E-state index is 6.71. The van der Waals surface area contributed by atoms with Crippen LogP contribution in [0.3, 0.4) is 0 Å². The summed E-state index contributed by atoms with van der Waals surface area (Å²) in [5.74, 6) is 2.23. The second-order valence-electron chi connectivity index (χ2n) is 17.4. The molecular formula is C58H41N3O. The van der Waals surface area contributed by atoms with E-state index in [0.717, 1.165) is 45.5 Å². The lowest BCUT2D eigenvalue weighted by atomic mass is 9.77. The van der Waals surface area contributed by atoms with E-state index in [2.05, 4.69) is 182 Å². The predicted octanol–water partition coefficient (Wildman–Crippen LogP) is 14.9. The van der Waals surface area contributed by atoms with E-state index in [1.54, 1.807) is 0 Å². The molecule has 62 heavy (non-hydrogen) atoms. The molecule has 294 valence electrons. The Balaban J connectivity index is 1.14. The van der Waals surface area contributed by atoms with Gasteiger partial charge in [-0.3, -0.25) is 4.57 Å². The molecule has 0 amide bonds. The molecule has 4 heteroatoms. The Morgan fingerprint density at radius 2 is 1.31 bits per heavy atom. The molecule has 0 radical (unpaired) electrons. The quantitative estimate of drug-likeness (QED) is 0.168. The first-order chi connectivity index (χ1) is 30.6. The fourth-order valence-corrected chi connectivity index (χ4v) is 10.9. The number of fused-ring (bicyclic) bond motifs is 12. The predicted molar refractivity (Wildman–Crippen MR) is 254 cm³/mol. The molecule has 0 N–H and O–H groups in total. The lowest BCUT2D eigenvalue weighted by Gasteiger charge is -2.26. The first-order valence-corrected chi connectivity index (χ1v) is 21.8. The van der Waals surface area contributed by atoms with Gasteiger partial charge in [-0.15, -0.1) is 0 Å². The molecule has 1 atom stereocenters. The van der Waals surface area contributed by atoms with Crippen molar-refractivity contribution < 1.29 is 4.42 Å². The number of para-hydroxylation sites is 1. The van der Waals surface area contributed by atoms with Crippen molar-refractivity contribution in [2.24, 2.45) is 0 Å².